The van der Waals surface area contributed by atoms with E-state index in [1.807, 2.05) is 0 Å². The first kappa shape index (κ1) is 7.70. The molecule has 6 nitrogen and oxygen atoms in total. The normalized spacial score (nSPS) is 8.56. The number of carbonyl (C=O) groups excluding carboxylic acids is 1. The Balaban J connectivity index is 3.99. The van der Waals surface area contributed by atoms with E-state index in [2.05, 4.69) is 5.73 Å². The van der Waals surface area contributed by atoms with Gasteiger partial charge in [-0.3, -0.25) is 5.41 Å². The quantitative estimate of drug-likeness (QED) is 0.192. The van der Waals surface area contributed by atoms with E-state index in [-0.39, 0.29) is 0 Å². The Morgan fingerprint density at radius 2 is 2.11 bits per heavy atom. The van der Waals surface area contributed by atoms with Crippen LogP contribution in [0.25, 0.3) is 0 Å². The Labute approximate surface area is 51.5 Å². The third kappa shape index (κ3) is 1.96. The standard InChI is InChI=1S/C3H8N4O2/c4-2(5)7(1-8)3(6)9/h8H,1H2,(H3,4,5)(H2,6,9). The van der Waals surface area contributed by atoms with Gasteiger partial charge in [-0.05, 0) is 0 Å². The zero-order chi connectivity index (χ0) is 7.44. The van der Waals surface area contributed by atoms with Crippen molar-refractivity contribution in [3.8, 4) is 0 Å². The summed E-state index contributed by atoms with van der Waals surface area (Å²) in [5.41, 5.74) is 9.45. The maximum Gasteiger partial charge on any atom is 0.323 e. The highest BCUT2D eigenvalue weighted by atomic mass is 16.3. The molecule has 0 unspecified atom stereocenters. The lowest BCUT2D eigenvalue weighted by Crippen LogP contribution is -2.44. The van der Waals surface area contributed by atoms with E-state index < -0.39 is 18.7 Å². The monoisotopic (exact) mass is 132 g/mol. The maximum atomic E-state index is 10.1. The first-order chi connectivity index (χ1) is 4.09. The van der Waals surface area contributed by atoms with Crippen LogP contribution < -0.4 is 11.5 Å². The van der Waals surface area contributed by atoms with Gasteiger partial charge in [-0.2, -0.15) is 0 Å². The van der Waals surface area contributed by atoms with Crippen LogP contribution in [0.15, 0.2) is 0 Å². The van der Waals surface area contributed by atoms with E-state index in [4.69, 9.17) is 16.2 Å². The van der Waals surface area contributed by atoms with Gasteiger partial charge < -0.3 is 16.6 Å². The summed E-state index contributed by atoms with van der Waals surface area (Å²) < 4.78 is 0. The summed E-state index contributed by atoms with van der Waals surface area (Å²) in [6.45, 7) is -0.662. The van der Waals surface area contributed by atoms with Crippen LogP contribution in [-0.4, -0.2) is 28.7 Å². The molecule has 52 valence electrons. The molecule has 0 fully saturated rings. The summed E-state index contributed by atoms with van der Waals surface area (Å²) >= 11 is 0. The third-order valence-electron chi connectivity index (χ3n) is 0.698. The fourth-order valence-corrected chi connectivity index (χ4v) is 0.265. The highest BCUT2D eigenvalue weighted by Crippen LogP contribution is 1.80. The van der Waals surface area contributed by atoms with Crippen LogP contribution in [0.4, 0.5) is 4.79 Å². The second-order valence-electron chi connectivity index (χ2n) is 1.29. The van der Waals surface area contributed by atoms with Gasteiger partial charge in [-0.25, -0.2) is 9.69 Å². The topological polar surface area (TPSA) is 116 Å². The number of nitrogens with zero attached hydrogens (tertiary/aromatic N) is 1. The molecule has 0 aliphatic rings. The van der Waals surface area contributed by atoms with Gasteiger partial charge in [0.2, 0.25) is 0 Å². The van der Waals surface area contributed by atoms with Gasteiger partial charge in [0.25, 0.3) is 0 Å². The predicted octanol–water partition coefficient (Wildman–Crippen LogP) is -1.79. The average molecular weight is 132 g/mol. The van der Waals surface area contributed by atoms with Crippen molar-refractivity contribution in [2.24, 2.45) is 11.5 Å². The molecule has 0 aliphatic heterocycles. The number of guanidine groups is 1. The zero-order valence-corrected chi connectivity index (χ0v) is 4.66. The average Bonchev–Trinajstić information content (AvgIpc) is 1.64. The lowest BCUT2D eigenvalue weighted by molar-refractivity contribution is 0.170. The third-order valence-corrected chi connectivity index (χ3v) is 0.698. The first-order valence-electron chi connectivity index (χ1n) is 2.11. The van der Waals surface area contributed by atoms with Crippen LogP contribution in [0.5, 0.6) is 0 Å². The van der Waals surface area contributed by atoms with E-state index in [0.717, 1.165) is 0 Å². The molecule has 0 saturated heterocycles. The van der Waals surface area contributed by atoms with Crippen LogP contribution in [0, 0.1) is 5.41 Å². The second-order valence-corrected chi connectivity index (χ2v) is 1.29. The molecule has 0 aromatic carbocycles. The van der Waals surface area contributed by atoms with Gasteiger partial charge in [0.15, 0.2) is 5.96 Å². The summed E-state index contributed by atoms with van der Waals surface area (Å²) in [7, 11) is 0. The van der Waals surface area contributed by atoms with E-state index in [0.29, 0.717) is 4.90 Å². The van der Waals surface area contributed by atoms with Crippen LogP contribution in [0.3, 0.4) is 0 Å². The van der Waals surface area contributed by atoms with Crippen molar-refractivity contribution in [3.05, 3.63) is 0 Å². The van der Waals surface area contributed by atoms with Gasteiger partial charge in [0.05, 0.1) is 0 Å². The number of nitrogens with two attached hydrogens (primary N) is 2. The van der Waals surface area contributed by atoms with Gasteiger partial charge in [0, 0.05) is 0 Å². The molecule has 0 saturated carbocycles. The number of amides is 2. The van der Waals surface area contributed by atoms with Crippen molar-refractivity contribution in [3.63, 3.8) is 0 Å². The van der Waals surface area contributed by atoms with Gasteiger partial charge in [-0.15, -0.1) is 0 Å². The molecule has 0 bridgehead atoms. The molecule has 9 heavy (non-hydrogen) atoms. The van der Waals surface area contributed by atoms with Crippen molar-refractivity contribution in [1.29, 1.82) is 5.41 Å². The number of urea groups is 1. The molecular formula is C3H8N4O2. The number of hydrogen-bond acceptors (Lipinski definition) is 3. The van der Waals surface area contributed by atoms with Crippen LogP contribution in [-0.2, 0) is 0 Å². The van der Waals surface area contributed by atoms with Crippen molar-refractivity contribution in [2.45, 2.75) is 0 Å². The minimum Gasteiger partial charge on any atom is -0.376 e. The van der Waals surface area contributed by atoms with Crippen LogP contribution >= 0.6 is 0 Å². The van der Waals surface area contributed by atoms with Crippen molar-refractivity contribution in [1.82, 2.24) is 4.90 Å². The SMILES string of the molecule is N=C(N)N(CO)C(N)=O. The lowest BCUT2D eigenvalue weighted by atomic mass is 10.7. The van der Waals surface area contributed by atoms with Crippen molar-refractivity contribution >= 4 is 12.0 Å². The molecule has 0 spiro atoms. The molecule has 0 aromatic rings. The number of rotatable bonds is 1. The number of primary amides is 1. The summed E-state index contributed by atoms with van der Waals surface area (Å²) in [6, 6.07) is -0.940. The number of carbonyl (C=O) groups is 1. The van der Waals surface area contributed by atoms with Gasteiger partial charge in [0.1, 0.15) is 6.73 Å². The molecule has 0 aromatic heterocycles. The molecule has 6 heteroatoms. The highest BCUT2D eigenvalue weighted by molar-refractivity contribution is 5.92. The Hall–Kier alpha value is -1.30. The van der Waals surface area contributed by atoms with E-state index >= 15 is 0 Å². The largest absolute Gasteiger partial charge is 0.376 e. The molecule has 0 atom stereocenters. The molecule has 2 amide bonds. The van der Waals surface area contributed by atoms with Gasteiger partial charge >= 0.3 is 6.03 Å². The van der Waals surface area contributed by atoms with E-state index in [1.54, 1.807) is 0 Å². The number of hydrogen-bond donors (Lipinski definition) is 4. The molecule has 0 radical (unpaired) electrons. The van der Waals surface area contributed by atoms with Crippen LogP contribution in [0.1, 0.15) is 0 Å². The van der Waals surface area contributed by atoms with E-state index in [1.165, 1.54) is 0 Å². The summed E-state index contributed by atoms with van der Waals surface area (Å²) in [6.07, 6.45) is 0. The minimum atomic E-state index is -0.940. The molecular weight excluding hydrogens is 124 g/mol. The summed E-state index contributed by atoms with van der Waals surface area (Å²) in [4.78, 5) is 10.7. The zero-order valence-electron chi connectivity index (χ0n) is 4.66. The Morgan fingerprint density at radius 1 is 1.67 bits per heavy atom. The highest BCUT2D eigenvalue weighted by Gasteiger charge is 2.08. The number of nitrogens with one attached hydrogen (secondary N) is 1. The summed E-state index contributed by atoms with van der Waals surface area (Å²) in [5.74, 6) is -0.565. The summed E-state index contributed by atoms with van der Waals surface area (Å²) in [5, 5.41) is 14.9. The molecule has 0 heterocycles. The lowest BCUT2D eigenvalue weighted by Gasteiger charge is -2.12. The molecule has 0 aliphatic carbocycles. The molecule has 0 rings (SSSR count). The van der Waals surface area contributed by atoms with E-state index in [9.17, 15) is 4.79 Å². The minimum absolute atomic E-state index is 0.514. The molecule has 6 N–H and O–H groups in total. The maximum absolute atomic E-state index is 10.1. The fourth-order valence-electron chi connectivity index (χ4n) is 0.265. The predicted molar refractivity (Wildman–Crippen MR) is 30.4 cm³/mol. The second kappa shape index (κ2) is 2.88. The van der Waals surface area contributed by atoms with Crippen molar-refractivity contribution < 1.29 is 9.90 Å². The Morgan fingerprint density at radius 3 is 2.11 bits per heavy atom. The Kier molecular flexibility index (Phi) is 2.46. The Bertz CT molecular complexity index is 120. The first-order valence-corrected chi connectivity index (χ1v) is 2.11. The number of aliphatic hydroxyl groups is 1. The fraction of sp³-hybridized carbons (Fsp3) is 0.333. The van der Waals surface area contributed by atoms with Crippen LogP contribution in [0.2, 0.25) is 0 Å². The van der Waals surface area contributed by atoms with Crippen molar-refractivity contribution in [2.75, 3.05) is 6.73 Å². The number of aliphatic hydroxyl groups excluding tert-OH is 1. The van der Waals surface area contributed by atoms with Gasteiger partial charge in [-0.1, -0.05) is 0 Å². The smallest absolute Gasteiger partial charge is 0.323 e.